The Labute approximate surface area is 232 Å². The zero-order valence-corrected chi connectivity index (χ0v) is 22.4. The van der Waals surface area contributed by atoms with Crippen molar-refractivity contribution in [2.45, 2.75) is 6.92 Å². The second kappa shape index (κ2) is 12.4. The quantitative estimate of drug-likeness (QED) is 0.216. The van der Waals surface area contributed by atoms with Crippen LogP contribution >= 0.6 is 0 Å². The molecule has 1 heterocycles. The first kappa shape index (κ1) is 27.5. The molecule has 0 aliphatic heterocycles. The maximum Gasteiger partial charge on any atom is 0.256 e. The molecule has 0 bridgehead atoms. The third-order valence-electron chi connectivity index (χ3n) is 5.85. The molecule has 202 valence electrons. The van der Waals surface area contributed by atoms with E-state index < -0.39 is 0 Å². The molecule has 0 spiro atoms. The number of amides is 3. The molecule has 4 aromatic rings. The number of aromatic nitrogens is 2. The van der Waals surface area contributed by atoms with E-state index in [0.717, 1.165) is 11.3 Å². The van der Waals surface area contributed by atoms with E-state index in [-0.39, 0.29) is 17.7 Å². The highest BCUT2D eigenvalue weighted by molar-refractivity contribution is 6.08. The van der Waals surface area contributed by atoms with E-state index in [1.54, 1.807) is 54.6 Å². The standard InChI is InChI=1S/C30H29N7O3/c1-5-27(38)33-21-9-7-10-22(15-21)36-30-31-17-24(18-32-30)35-29(40)26-16-23(13-12-19(26)2)34-28(39)20-8-6-11-25(14-20)37(3)4/h5-18H,1H2,2-4H3,(H,33,38)(H,34,39)(H,35,40)(H,31,32,36). The monoisotopic (exact) mass is 535 g/mol. The van der Waals surface area contributed by atoms with Gasteiger partial charge in [-0.25, -0.2) is 9.97 Å². The van der Waals surface area contributed by atoms with Crippen LogP contribution in [0, 0.1) is 6.92 Å². The van der Waals surface area contributed by atoms with Crippen LogP contribution in [0.5, 0.6) is 0 Å². The molecule has 3 aromatic carbocycles. The van der Waals surface area contributed by atoms with Crippen molar-refractivity contribution in [2.24, 2.45) is 0 Å². The molecule has 10 heteroatoms. The van der Waals surface area contributed by atoms with Gasteiger partial charge in [0.05, 0.1) is 18.1 Å². The summed E-state index contributed by atoms with van der Waals surface area (Å²) < 4.78 is 0. The van der Waals surface area contributed by atoms with Crippen molar-refractivity contribution >= 4 is 52.1 Å². The smallest absolute Gasteiger partial charge is 0.256 e. The third kappa shape index (κ3) is 7.07. The number of carbonyl (C=O) groups is 3. The first-order valence-electron chi connectivity index (χ1n) is 12.3. The van der Waals surface area contributed by atoms with Gasteiger partial charge in [0, 0.05) is 48.0 Å². The average Bonchev–Trinajstić information content (AvgIpc) is 2.95. The normalized spacial score (nSPS) is 10.3. The van der Waals surface area contributed by atoms with Crippen LogP contribution in [0.1, 0.15) is 26.3 Å². The molecule has 0 saturated carbocycles. The molecule has 1 aromatic heterocycles. The van der Waals surface area contributed by atoms with Crippen molar-refractivity contribution in [3.8, 4) is 0 Å². The van der Waals surface area contributed by atoms with E-state index in [0.29, 0.717) is 39.8 Å². The summed E-state index contributed by atoms with van der Waals surface area (Å²) in [4.78, 5) is 47.8. The van der Waals surface area contributed by atoms with Gasteiger partial charge in [-0.2, -0.15) is 0 Å². The van der Waals surface area contributed by atoms with Crippen molar-refractivity contribution in [3.63, 3.8) is 0 Å². The molecule has 0 radical (unpaired) electrons. The summed E-state index contributed by atoms with van der Waals surface area (Å²) in [6, 6.07) is 19.5. The predicted molar refractivity (Wildman–Crippen MR) is 158 cm³/mol. The van der Waals surface area contributed by atoms with Gasteiger partial charge in [-0.15, -0.1) is 0 Å². The molecular weight excluding hydrogens is 506 g/mol. The van der Waals surface area contributed by atoms with Gasteiger partial charge in [-0.1, -0.05) is 24.8 Å². The number of anilines is 6. The second-order valence-electron chi connectivity index (χ2n) is 9.08. The Balaban J connectivity index is 1.41. The highest BCUT2D eigenvalue weighted by Gasteiger charge is 2.14. The minimum atomic E-state index is -0.363. The predicted octanol–water partition coefficient (Wildman–Crippen LogP) is 5.22. The van der Waals surface area contributed by atoms with Crippen LogP contribution in [0.15, 0.2) is 91.8 Å². The van der Waals surface area contributed by atoms with Crippen molar-refractivity contribution in [2.75, 3.05) is 40.3 Å². The first-order valence-corrected chi connectivity index (χ1v) is 12.3. The molecule has 0 saturated heterocycles. The first-order chi connectivity index (χ1) is 19.2. The van der Waals surface area contributed by atoms with Crippen LogP contribution in [-0.4, -0.2) is 41.8 Å². The number of nitrogens with one attached hydrogen (secondary N) is 4. The Morgan fingerprint density at radius 2 is 1.45 bits per heavy atom. The minimum absolute atomic E-state index is 0.274. The van der Waals surface area contributed by atoms with Crippen LogP contribution < -0.4 is 26.2 Å². The summed E-state index contributed by atoms with van der Waals surface area (Å²) in [5.74, 6) is -0.641. The summed E-state index contributed by atoms with van der Waals surface area (Å²) in [7, 11) is 3.81. The molecule has 0 unspecified atom stereocenters. The topological polar surface area (TPSA) is 128 Å². The van der Waals surface area contributed by atoms with Crippen LogP contribution in [-0.2, 0) is 4.79 Å². The minimum Gasteiger partial charge on any atom is -0.378 e. The second-order valence-corrected chi connectivity index (χ2v) is 9.08. The maximum atomic E-state index is 13.0. The van der Waals surface area contributed by atoms with Gasteiger partial charge < -0.3 is 26.2 Å². The fourth-order valence-corrected chi connectivity index (χ4v) is 3.73. The number of rotatable bonds is 9. The van der Waals surface area contributed by atoms with E-state index in [1.165, 1.54) is 18.5 Å². The molecule has 0 atom stereocenters. The van der Waals surface area contributed by atoms with Gasteiger partial charge in [0.15, 0.2) is 0 Å². The van der Waals surface area contributed by atoms with Gasteiger partial charge in [0.1, 0.15) is 0 Å². The molecule has 40 heavy (non-hydrogen) atoms. The summed E-state index contributed by atoms with van der Waals surface area (Å²) in [6.07, 6.45) is 4.15. The van der Waals surface area contributed by atoms with Crippen LogP contribution in [0.4, 0.5) is 34.4 Å². The van der Waals surface area contributed by atoms with Gasteiger partial charge in [0.25, 0.3) is 11.8 Å². The fourth-order valence-electron chi connectivity index (χ4n) is 3.73. The Bertz CT molecular complexity index is 1570. The lowest BCUT2D eigenvalue weighted by molar-refractivity contribution is -0.111. The van der Waals surface area contributed by atoms with Crippen LogP contribution in [0.3, 0.4) is 0 Å². The summed E-state index contributed by atoms with van der Waals surface area (Å²) in [6.45, 7) is 5.25. The molecule has 0 fully saturated rings. The Hall–Kier alpha value is -5.51. The zero-order chi connectivity index (χ0) is 28.6. The Morgan fingerprint density at radius 3 is 2.17 bits per heavy atom. The van der Waals surface area contributed by atoms with Gasteiger partial charge >= 0.3 is 0 Å². The molecule has 0 aliphatic rings. The number of carbonyl (C=O) groups excluding carboxylic acids is 3. The van der Waals surface area contributed by atoms with E-state index in [2.05, 4.69) is 37.8 Å². The van der Waals surface area contributed by atoms with Gasteiger partial charge in [-0.05, 0) is 67.1 Å². The molecule has 0 aliphatic carbocycles. The number of aryl methyl sites for hydroxylation is 1. The highest BCUT2D eigenvalue weighted by atomic mass is 16.2. The lowest BCUT2D eigenvalue weighted by atomic mass is 10.1. The van der Waals surface area contributed by atoms with E-state index >= 15 is 0 Å². The largest absolute Gasteiger partial charge is 0.378 e. The van der Waals surface area contributed by atoms with Crippen molar-refractivity contribution < 1.29 is 14.4 Å². The van der Waals surface area contributed by atoms with Crippen molar-refractivity contribution in [1.82, 2.24) is 9.97 Å². The lowest BCUT2D eigenvalue weighted by Crippen LogP contribution is -2.16. The van der Waals surface area contributed by atoms with E-state index in [9.17, 15) is 14.4 Å². The van der Waals surface area contributed by atoms with E-state index in [4.69, 9.17) is 0 Å². The number of benzene rings is 3. The zero-order valence-electron chi connectivity index (χ0n) is 22.4. The van der Waals surface area contributed by atoms with Gasteiger partial charge in [-0.3, -0.25) is 14.4 Å². The van der Waals surface area contributed by atoms with Crippen LogP contribution in [0.25, 0.3) is 0 Å². The highest BCUT2D eigenvalue weighted by Crippen LogP contribution is 2.21. The molecule has 4 rings (SSSR count). The molecular formula is C30H29N7O3. The number of hydrogen-bond donors (Lipinski definition) is 4. The van der Waals surface area contributed by atoms with Crippen LogP contribution in [0.2, 0.25) is 0 Å². The summed E-state index contributed by atoms with van der Waals surface area (Å²) in [5, 5.41) is 11.4. The Kier molecular flexibility index (Phi) is 8.50. The SMILES string of the molecule is C=CC(=O)Nc1cccc(Nc2ncc(NC(=O)c3cc(NC(=O)c4cccc(N(C)C)c4)ccc3C)cn2)c1. The Morgan fingerprint density at radius 1 is 0.775 bits per heavy atom. The lowest BCUT2D eigenvalue weighted by Gasteiger charge is -2.14. The summed E-state index contributed by atoms with van der Waals surface area (Å²) in [5.41, 5.74) is 4.72. The summed E-state index contributed by atoms with van der Waals surface area (Å²) >= 11 is 0. The maximum absolute atomic E-state index is 13.0. The molecule has 4 N–H and O–H groups in total. The fraction of sp³-hybridized carbons (Fsp3) is 0.100. The van der Waals surface area contributed by atoms with Crippen molar-refractivity contribution in [3.05, 3.63) is 108 Å². The average molecular weight is 536 g/mol. The van der Waals surface area contributed by atoms with Crippen molar-refractivity contribution in [1.29, 1.82) is 0 Å². The molecule has 10 nitrogen and oxygen atoms in total. The number of nitrogens with zero attached hydrogens (tertiary/aromatic N) is 3. The number of hydrogen-bond acceptors (Lipinski definition) is 7. The molecule has 3 amide bonds. The van der Waals surface area contributed by atoms with Gasteiger partial charge in [0.2, 0.25) is 11.9 Å². The van der Waals surface area contributed by atoms with E-state index in [1.807, 2.05) is 38.1 Å². The third-order valence-corrected chi connectivity index (χ3v) is 5.85.